The van der Waals surface area contributed by atoms with Crippen molar-refractivity contribution in [3.63, 3.8) is 0 Å². The number of methoxy groups -OCH3 is 2. The van der Waals surface area contributed by atoms with E-state index in [1.54, 1.807) is 27.7 Å². The maximum Gasteiger partial charge on any atom is 0.314 e. The predicted molar refractivity (Wildman–Crippen MR) is 129 cm³/mol. The molecule has 0 spiro atoms. The van der Waals surface area contributed by atoms with Crippen molar-refractivity contribution < 1.29 is 29.1 Å². The van der Waals surface area contributed by atoms with Gasteiger partial charge in [-0.25, -0.2) is 4.99 Å². The molecule has 0 aromatic heterocycles. The maximum atomic E-state index is 13.2. The molecule has 0 bridgehead atoms. The Morgan fingerprint density at radius 2 is 1.71 bits per heavy atom. The number of nitro groups is 1. The van der Waals surface area contributed by atoms with Gasteiger partial charge in [-0.3, -0.25) is 19.7 Å². The van der Waals surface area contributed by atoms with Crippen LogP contribution in [-0.2, 0) is 9.59 Å². The number of hydrogen-bond donors (Lipinski definition) is 2. The summed E-state index contributed by atoms with van der Waals surface area (Å²) in [7, 11) is 2.50. The Labute approximate surface area is 205 Å². The number of phenols is 1. The number of carbonyl (C=O) groups is 2. The van der Waals surface area contributed by atoms with Crippen LogP contribution in [0.2, 0.25) is 10.0 Å². The van der Waals surface area contributed by atoms with E-state index in [1.165, 1.54) is 26.4 Å². The first-order valence-corrected chi connectivity index (χ1v) is 10.5. The van der Waals surface area contributed by atoms with Crippen LogP contribution >= 0.6 is 23.2 Å². The molecular weight excluding hydrogens is 489 g/mol. The molecule has 0 aliphatic heterocycles. The summed E-state index contributed by atoms with van der Waals surface area (Å²) >= 11 is 12.1. The predicted octanol–water partition coefficient (Wildman–Crippen LogP) is 5.26. The summed E-state index contributed by atoms with van der Waals surface area (Å²) in [6, 6.07) is 3.56. The van der Waals surface area contributed by atoms with Crippen LogP contribution in [0.1, 0.15) is 26.3 Å². The van der Waals surface area contributed by atoms with Crippen LogP contribution in [-0.4, -0.2) is 41.7 Å². The van der Waals surface area contributed by atoms with Gasteiger partial charge in [-0.2, -0.15) is 0 Å². The number of aliphatic imine (C=N–C) groups is 1. The van der Waals surface area contributed by atoms with Gasteiger partial charge in [0.15, 0.2) is 23.0 Å². The Morgan fingerprint density at radius 3 is 2.21 bits per heavy atom. The quantitative estimate of drug-likeness (QED) is 0.223. The number of amides is 1. The lowest BCUT2D eigenvalue weighted by Gasteiger charge is -2.19. The molecule has 2 aromatic carbocycles. The fourth-order valence-corrected chi connectivity index (χ4v) is 3.24. The molecule has 182 valence electrons. The third-order valence-electron chi connectivity index (χ3n) is 4.70. The largest absolute Gasteiger partial charge is 0.505 e. The Hall–Kier alpha value is -3.37. The van der Waals surface area contributed by atoms with Crippen molar-refractivity contribution in [1.82, 2.24) is 0 Å². The molecule has 0 saturated heterocycles. The lowest BCUT2D eigenvalue weighted by molar-refractivity contribution is -0.385. The lowest BCUT2D eigenvalue weighted by atomic mass is 9.87. The molecule has 0 unspecified atom stereocenters. The van der Waals surface area contributed by atoms with E-state index >= 15 is 0 Å². The number of nitrogens with one attached hydrogen (secondary N) is 1. The van der Waals surface area contributed by atoms with Gasteiger partial charge in [0.2, 0.25) is 0 Å². The molecule has 12 heteroatoms. The van der Waals surface area contributed by atoms with E-state index < -0.39 is 27.7 Å². The fourth-order valence-electron chi connectivity index (χ4n) is 2.79. The molecule has 0 radical (unpaired) electrons. The van der Waals surface area contributed by atoms with Gasteiger partial charge in [-0.05, 0) is 18.6 Å². The van der Waals surface area contributed by atoms with E-state index in [-0.39, 0.29) is 44.4 Å². The average Bonchev–Trinajstić information content (AvgIpc) is 2.77. The van der Waals surface area contributed by atoms with Gasteiger partial charge in [0.1, 0.15) is 5.75 Å². The molecule has 0 fully saturated rings. The summed E-state index contributed by atoms with van der Waals surface area (Å²) in [6.45, 7) is 6.37. The van der Waals surface area contributed by atoms with Crippen LogP contribution in [0.5, 0.6) is 17.2 Å². The third-order valence-corrected chi connectivity index (χ3v) is 5.45. The monoisotopic (exact) mass is 511 g/mol. The number of nitro benzene ring substituents is 1. The standard InChI is InChI=1S/C22H23Cl2N3O7/c1-10-12(7-11(23)19(28)17(10)24)25-18(20(29)22(2,3)4)21(30)26-13-8-16(34-6)14(27(31)32)9-15(13)33-5/h7-9,28H,1-6H3,(H,26,30). The molecule has 0 heterocycles. The van der Waals surface area contributed by atoms with E-state index in [1.807, 2.05) is 0 Å². The van der Waals surface area contributed by atoms with Crippen molar-refractivity contribution in [1.29, 1.82) is 0 Å². The molecule has 0 aliphatic rings. The minimum Gasteiger partial charge on any atom is -0.505 e. The number of aromatic hydroxyl groups is 1. The average molecular weight is 512 g/mol. The van der Waals surface area contributed by atoms with Gasteiger partial charge in [0.25, 0.3) is 5.91 Å². The highest BCUT2D eigenvalue weighted by atomic mass is 35.5. The summed E-state index contributed by atoms with van der Waals surface area (Å²) in [5.74, 6) is -2.02. The molecule has 2 N–H and O–H groups in total. The lowest BCUT2D eigenvalue weighted by Crippen LogP contribution is -2.37. The number of rotatable bonds is 7. The zero-order chi connectivity index (χ0) is 26.0. The number of ketones is 1. The molecule has 0 aliphatic carbocycles. The smallest absolute Gasteiger partial charge is 0.314 e. The van der Waals surface area contributed by atoms with Gasteiger partial charge in [-0.15, -0.1) is 0 Å². The zero-order valence-electron chi connectivity index (χ0n) is 19.3. The summed E-state index contributed by atoms with van der Waals surface area (Å²) in [5, 5.41) is 23.5. The Balaban J connectivity index is 2.65. The molecular formula is C22H23Cl2N3O7. The van der Waals surface area contributed by atoms with E-state index in [4.69, 9.17) is 32.7 Å². The number of Topliss-reactive ketones (excluding diaryl/α,β-unsaturated/α-hetero) is 1. The minimum atomic E-state index is -0.994. The van der Waals surface area contributed by atoms with Crippen molar-refractivity contribution in [2.45, 2.75) is 27.7 Å². The number of anilines is 1. The van der Waals surface area contributed by atoms with E-state index in [0.29, 0.717) is 5.56 Å². The second-order valence-corrected chi connectivity index (χ2v) is 8.93. The summed E-state index contributed by atoms with van der Waals surface area (Å²) in [5.41, 5.74) is -1.43. The molecule has 0 saturated carbocycles. The van der Waals surface area contributed by atoms with E-state index in [0.717, 1.165) is 6.07 Å². The minimum absolute atomic E-state index is 0.0165. The van der Waals surface area contributed by atoms with E-state index in [9.17, 15) is 24.8 Å². The number of benzene rings is 2. The summed E-state index contributed by atoms with van der Waals surface area (Å²) in [6.07, 6.45) is 0. The number of nitrogens with zero attached hydrogens (tertiary/aromatic N) is 2. The molecule has 2 aromatic rings. The van der Waals surface area contributed by atoms with Crippen molar-refractivity contribution in [3.05, 3.63) is 43.9 Å². The summed E-state index contributed by atoms with van der Waals surface area (Å²) < 4.78 is 10.2. The Bertz CT molecular complexity index is 1200. The van der Waals surface area contributed by atoms with Crippen molar-refractivity contribution in [3.8, 4) is 17.2 Å². The van der Waals surface area contributed by atoms with Gasteiger partial charge >= 0.3 is 5.69 Å². The molecule has 10 nitrogen and oxygen atoms in total. The van der Waals surface area contributed by atoms with Gasteiger partial charge in [0.05, 0.1) is 46.6 Å². The zero-order valence-corrected chi connectivity index (χ0v) is 20.8. The van der Waals surface area contributed by atoms with E-state index in [2.05, 4.69) is 10.3 Å². The maximum absolute atomic E-state index is 13.2. The SMILES string of the molecule is COc1cc([N+](=O)[O-])c(OC)cc1NC(=O)C(=Nc1cc(Cl)c(O)c(Cl)c1C)C(=O)C(C)(C)C. The normalized spacial score (nSPS) is 11.7. The van der Waals surface area contributed by atoms with Crippen LogP contribution in [0.15, 0.2) is 23.2 Å². The molecule has 2 rings (SSSR count). The fraction of sp³-hybridized carbons (Fsp3) is 0.318. The van der Waals surface area contributed by atoms with Gasteiger partial charge in [0, 0.05) is 11.5 Å². The van der Waals surface area contributed by atoms with Crippen LogP contribution in [0.25, 0.3) is 0 Å². The van der Waals surface area contributed by atoms with Crippen molar-refractivity contribution >= 4 is 57.7 Å². The summed E-state index contributed by atoms with van der Waals surface area (Å²) in [4.78, 5) is 41.2. The van der Waals surface area contributed by atoms with Gasteiger partial charge < -0.3 is 19.9 Å². The first-order chi connectivity index (χ1) is 15.7. The van der Waals surface area contributed by atoms with Crippen molar-refractivity contribution in [2.24, 2.45) is 10.4 Å². The number of carbonyl (C=O) groups excluding carboxylic acids is 2. The highest BCUT2D eigenvalue weighted by Crippen LogP contribution is 2.40. The molecule has 1 amide bonds. The van der Waals surface area contributed by atoms with Crippen molar-refractivity contribution in [2.75, 3.05) is 19.5 Å². The third kappa shape index (κ3) is 5.57. The molecule has 34 heavy (non-hydrogen) atoms. The highest BCUT2D eigenvalue weighted by Gasteiger charge is 2.32. The number of halogens is 2. The van der Waals surface area contributed by atoms with Crippen LogP contribution in [0.3, 0.4) is 0 Å². The van der Waals surface area contributed by atoms with Crippen LogP contribution in [0, 0.1) is 22.5 Å². The second kappa shape index (κ2) is 10.3. The van der Waals surface area contributed by atoms with Crippen LogP contribution < -0.4 is 14.8 Å². The number of hydrogen-bond acceptors (Lipinski definition) is 8. The number of ether oxygens (including phenoxy) is 2. The second-order valence-electron chi connectivity index (χ2n) is 8.14. The Morgan fingerprint density at radius 1 is 1.12 bits per heavy atom. The first-order valence-electron chi connectivity index (χ1n) is 9.75. The first kappa shape index (κ1) is 26.9. The Kier molecular flexibility index (Phi) is 8.12. The van der Waals surface area contributed by atoms with Crippen LogP contribution in [0.4, 0.5) is 17.1 Å². The topological polar surface area (TPSA) is 140 Å². The van der Waals surface area contributed by atoms with Gasteiger partial charge in [-0.1, -0.05) is 44.0 Å². The molecule has 0 atom stereocenters. The highest BCUT2D eigenvalue weighted by molar-refractivity contribution is 6.68. The number of phenolic OH excluding ortho intramolecular Hbond substituents is 1.